The van der Waals surface area contributed by atoms with Gasteiger partial charge in [0.25, 0.3) is 0 Å². The lowest BCUT2D eigenvalue weighted by molar-refractivity contribution is 0.0697. The zero-order valence-corrected chi connectivity index (χ0v) is 7.48. The van der Waals surface area contributed by atoms with Gasteiger partial charge in [-0.05, 0) is 19.9 Å². The summed E-state index contributed by atoms with van der Waals surface area (Å²) in [5, 5.41) is 17.4. The van der Waals surface area contributed by atoms with Crippen molar-refractivity contribution in [2.75, 3.05) is 0 Å². The summed E-state index contributed by atoms with van der Waals surface area (Å²) in [7, 11) is 0. The second kappa shape index (κ2) is 2.94. The molecule has 1 N–H and O–H groups in total. The summed E-state index contributed by atoms with van der Waals surface area (Å²) in [6.45, 7) is 3.44. The van der Waals surface area contributed by atoms with Crippen molar-refractivity contribution in [3.63, 3.8) is 0 Å². The SMILES string of the molecule is CC(C)(C#N)n1ccc(C(=O)O)c1. The largest absolute Gasteiger partial charge is 0.478 e. The number of hydrogen-bond donors (Lipinski definition) is 1. The predicted molar refractivity (Wildman–Crippen MR) is 46.3 cm³/mol. The molecule has 4 heteroatoms. The molecule has 0 amide bonds. The van der Waals surface area contributed by atoms with Crippen molar-refractivity contribution in [2.45, 2.75) is 19.4 Å². The number of rotatable bonds is 2. The van der Waals surface area contributed by atoms with Crippen molar-refractivity contribution >= 4 is 5.97 Å². The summed E-state index contributed by atoms with van der Waals surface area (Å²) >= 11 is 0. The van der Waals surface area contributed by atoms with Crippen LogP contribution in [-0.4, -0.2) is 15.6 Å². The van der Waals surface area contributed by atoms with E-state index in [0.29, 0.717) is 0 Å². The van der Waals surface area contributed by atoms with Crippen molar-refractivity contribution in [3.05, 3.63) is 24.0 Å². The van der Waals surface area contributed by atoms with E-state index in [0.717, 1.165) is 0 Å². The maximum Gasteiger partial charge on any atom is 0.337 e. The van der Waals surface area contributed by atoms with E-state index in [4.69, 9.17) is 10.4 Å². The number of nitriles is 1. The molecule has 0 unspecified atom stereocenters. The minimum Gasteiger partial charge on any atom is -0.478 e. The molecular formula is C9H10N2O2. The van der Waals surface area contributed by atoms with Crippen LogP contribution >= 0.6 is 0 Å². The fourth-order valence-electron chi connectivity index (χ4n) is 0.928. The molecule has 0 aromatic carbocycles. The summed E-state index contributed by atoms with van der Waals surface area (Å²) in [6.07, 6.45) is 3.04. The molecule has 1 heterocycles. The summed E-state index contributed by atoms with van der Waals surface area (Å²) < 4.78 is 1.58. The highest BCUT2D eigenvalue weighted by Crippen LogP contribution is 2.15. The summed E-state index contributed by atoms with van der Waals surface area (Å²) in [5.74, 6) is -0.979. The van der Waals surface area contributed by atoms with E-state index in [1.165, 1.54) is 12.3 Å². The maximum atomic E-state index is 10.5. The van der Waals surface area contributed by atoms with Gasteiger partial charge in [-0.1, -0.05) is 0 Å². The molecule has 0 fully saturated rings. The fourth-order valence-corrected chi connectivity index (χ4v) is 0.928. The molecule has 0 saturated heterocycles. The van der Waals surface area contributed by atoms with Gasteiger partial charge in [-0.3, -0.25) is 0 Å². The quantitative estimate of drug-likeness (QED) is 0.745. The third kappa shape index (κ3) is 1.70. The van der Waals surface area contributed by atoms with Crippen molar-refractivity contribution in [1.82, 2.24) is 4.57 Å². The van der Waals surface area contributed by atoms with E-state index in [1.54, 1.807) is 24.6 Å². The zero-order chi connectivity index (χ0) is 10.1. The average Bonchev–Trinajstić information content (AvgIpc) is 2.52. The van der Waals surface area contributed by atoms with Gasteiger partial charge in [0.1, 0.15) is 5.54 Å². The highest BCUT2D eigenvalue weighted by Gasteiger charge is 2.19. The first-order valence-corrected chi connectivity index (χ1v) is 3.80. The second-order valence-electron chi connectivity index (χ2n) is 3.28. The Hall–Kier alpha value is -1.76. The Labute approximate surface area is 76.0 Å². The van der Waals surface area contributed by atoms with E-state index in [9.17, 15) is 4.79 Å². The predicted octanol–water partition coefficient (Wildman–Crippen LogP) is 1.44. The molecule has 1 rings (SSSR count). The standard InChI is InChI=1S/C9H10N2O2/c1-9(2,6-10)11-4-3-7(5-11)8(12)13/h3-5H,1-2H3,(H,12,13). The third-order valence-corrected chi connectivity index (χ3v) is 1.86. The van der Waals surface area contributed by atoms with Crippen LogP contribution in [0.3, 0.4) is 0 Å². The van der Waals surface area contributed by atoms with Crippen LogP contribution in [0, 0.1) is 11.3 Å². The molecule has 68 valence electrons. The summed E-state index contributed by atoms with van der Waals surface area (Å²) in [6, 6.07) is 3.55. The number of nitrogens with zero attached hydrogens (tertiary/aromatic N) is 2. The van der Waals surface area contributed by atoms with Crippen LogP contribution in [0.15, 0.2) is 18.5 Å². The van der Waals surface area contributed by atoms with Crippen LogP contribution in [0.2, 0.25) is 0 Å². The molecule has 0 radical (unpaired) electrons. The van der Waals surface area contributed by atoms with Crippen molar-refractivity contribution in [3.8, 4) is 6.07 Å². The minimum absolute atomic E-state index is 0.198. The third-order valence-electron chi connectivity index (χ3n) is 1.86. The summed E-state index contributed by atoms with van der Waals surface area (Å²) in [4.78, 5) is 10.5. The van der Waals surface area contributed by atoms with Crippen molar-refractivity contribution < 1.29 is 9.90 Å². The van der Waals surface area contributed by atoms with Gasteiger partial charge in [-0.15, -0.1) is 0 Å². The Kier molecular flexibility index (Phi) is 2.11. The van der Waals surface area contributed by atoms with Crippen molar-refractivity contribution in [1.29, 1.82) is 5.26 Å². The molecule has 1 aromatic rings. The van der Waals surface area contributed by atoms with Gasteiger partial charge in [-0.25, -0.2) is 4.79 Å². The number of hydrogen-bond acceptors (Lipinski definition) is 2. The number of aromatic carboxylic acids is 1. The molecule has 1 aromatic heterocycles. The van der Waals surface area contributed by atoms with Gasteiger partial charge in [-0.2, -0.15) is 5.26 Å². The first-order valence-electron chi connectivity index (χ1n) is 3.80. The number of carbonyl (C=O) groups is 1. The van der Waals surface area contributed by atoms with Crippen LogP contribution in [0.1, 0.15) is 24.2 Å². The normalized spacial score (nSPS) is 10.8. The van der Waals surface area contributed by atoms with Gasteiger partial charge in [0.2, 0.25) is 0 Å². The lowest BCUT2D eigenvalue weighted by Gasteiger charge is -2.17. The lowest BCUT2D eigenvalue weighted by Crippen LogP contribution is -2.22. The Balaban J connectivity index is 3.07. The van der Waals surface area contributed by atoms with E-state index >= 15 is 0 Å². The monoisotopic (exact) mass is 178 g/mol. The van der Waals surface area contributed by atoms with E-state index in [-0.39, 0.29) is 5.56 Å². The first kappa shape index (κ1) is 9.33. The van der Waals surface area contributed by atoms with E-state index in [2.05, 4.69) is 6.07 Å². The van der Waals surface area contributed by atoms with Gasteiger partial charge in [0, 0.05) is 12.4 Å². The molecule has 0 aliphatic rings. The number of aromatic nitrogens is 1. The van der Waals surface area contributed by atoms with Crippen LogP contribution in [0.4, 0.5) is 0 Å². The van der Waals surface area contributed by atoms with Crippen molar-refractivity contribution in [2.24, 2.45) is 0 Å². The van der Waals surface area contributed by atoms with Gasteiger partial charge in [0.15, 0.2) is 0 Å². The van der Waals surface area contributed by atoms with E-state index in [1.807, 2.05) is 0 Å². The highest BCUT2D eigenvalue weighted by atomic mass is 16.4. The molecular weight excluding hydrogens is 168 g/mol. The molecule has 13 heavy (non-hydrogen) atoms. The fraction of sp³-hybridized carbons (Fsp3) is 0.333. The van der Waals surface area contributed by atoms with Gasteiger partial charge >= 0.3 is 5.97 Å². The highest BCUT2D eigenvalue weighted by molar-refractivity contribution is 5.87. The molecule has 0 aliphatic heterocycles. The number of carboxylic acids is 1. The Morgan fingerprint density at radius 2 is 2.31 bits per heavy atom. The summed E-state index contributed by atoms with van der Waals surface area (Å²) in [5.41, 5.74) is -0.503. The Morgan fingerprint density at radius 1 is 1.69 bits per heavy atom. The molecule has 0 saturated carbocycles. The smallest absolute Gasteiger partial charge is 0.337 e. The van der Waals surface area contributed by atoms with Crippen LogP contribution in [0.25, 0.3) is 0 Å². The minimum atomic E-state index is -0.979. The Morgan fingerprint density at radius 3 is 2.69 bits per heavy atom. The van der Waals surface area contributed by atoms with Crippen LogP contribution in [-0.2, 0) is 5.54 Å². The number of carboxylic acid groups (broad SMARTS) is 1. The molecule has 4 nitrogen and oxygen atoms in total. The van der Waals surface area contributed by atoms with Crippen LogP contribution < -0.4 is 0 Å². The lowest BCUT2D eigenvalue weighted by atomic mass is 10.1. The van der Waals surface area contributed by atoms with E-state index < -0.39 is 11.5 Å². The van der Waals surface area contributed by atoms with Crippen LogP contribution in [0.5, 0.6) is 0 Å². The van der Waals surface area contributed by atoms with Gasteiger partial charge in [0.05, 0.1) is 11.6 Å². The molecule has 0 aliphatic carbocycles. The molecule has 0 atom stereocenters. The molecule has 0 spiro atoms. The zero-order valence-electron chi connectivity index (χ0n) is 7.48. The van der Waals surface area contributed by atoms with Gasteiger partial charge < -0.3 is 9.67 Å². The maximum absolute atomic E-state index is 10.5. The first-order chi connectivity index (χ1) is 5.97. The average molecular weight is 178 g/mol. The topological polar surface area (TPSA) is 66.0 Å². The molecule has 0 bridgehead atoms. The second-order valence-corrected chi connectivity index (χ2v) is 3.28. The Bertz CT molecular complexity index is 371.